The number of pyridine rings is 1. The fourth-order valence-corrected chi connectivity index (χ4v) is 3.06. The monoisotopic (exact) mass is 529 g/mol. The largest absolute Gasteiger partial charge is 0.416 e. The molecule has 9 nitrogen and oxygen atoms in total. The molecule has 0 atom stereocenters. The average molecular weight is 529 g/mol. The van der Waals surface area contributed by atoms with Gasteiger partial charge in [-0.1, -0.05) is 0 Å². The van der Waals surface area contributed by atoms with Gasteiger partial charge in [0.1, 0.15) is 0 Å². The van der Waals surface area contributed by atoms with Crippen molar-refractivity contribution in [1.82, 2.24) is 30.0 Å². The second kappa shape index (κ2) is 10.1. The summed E-state index contributed by atoms with van der Waals surface area (Å²) in [5, 5.41) is 6.53. The first kappa shape index (κ1) is 27.4. The number of carbonyl (C=O) groups excluding carboxylic acids is 2. The molecule has 0 aliphatic heterocycles. The van der Waals surface area contributed by atoms with E-state index in [4.69, 9.17) is 0 Å². The second-order valence-electron chi connectivity index (χ2n) is 8.22. The summed E-state index contributed by atoms with van der Waals surface area (Å²) in [7, 11) is 6.41. The van der Waals surface area contributed by atoms with Crippen molar-refractivity contribution in [2.24, 2.45) is 0 Å². The van der Waals surface area contributed by atoms with Gasteiger partial charge in [0.15, 0.2) is 11.6 Å². The van der Waals surface area contributed by atoms with Crippen LogP contribution in [-0.4, -0.2) is 64.7 Å². The molecule has 0 unspecified atom stereocenters. The topological polar surface area (TPSA) is 96.3 Å². The van der Waals surface area contributed by atoms with E-state index in [1.807, 2.05) is 0 Å². The highest BCUT2D eigenvalue weighted by atomic mass is 19.4. The molecular weight excluding hydrogens is 508 g/mol. The lowest BCUT2D eigenvalue weighted by molar-refractivity contribution is -0.143. The van der Waals surface area contributed by atoms with Crippen LogP contribution < -0.4 is 10.2 Å². The number of halogens is 6. The number of hydrogen-bond acceptors (Lipinski definition) is 6. The molecule has 3 aromatic rings. The number of nitrogens with one attached hydrogen (secondary N) is 1. The Labute approximate surface area is 206 Å². The molecule has 15 heteroatoms. The van der Waals surface area contributed by atoms with Crippen LogP contribution in [-0.2, 0) is 18.9 Å². The molecule has 0 bridgehead atoms. The summed E-state index contributed by atoms with van der Waals surface area (Å²) in [4.78, 5) is 36.0. The molecule has 0 saturated heterocycles. The predicted octanol–water partition coefficient (Wildman–Crippen LogP) is 3.40. The zero-order valence-corrected chi connectivity index (χ0v) is 19.9. The highest BCUT2D eigenvalue weighted by molar-refractivity contribution is 5.94. The molecule has 0 spiro atoms. The second-order valence-corrected chi connectivity index (χ2v) is 8.22. The van der Waals surface area contributed by atoms with E-state index in [-0.39, 0.29) is 29.6 Å². The molecule has 2 heterocycles. The lowest BCUT2D eigenvalue weighted by Gasteiger charge is -2.14. The molecule has 198 valence electrons. The highest BCUT2D eigenvalue weighted by Crippen LogP contribution is 2.36. The number of anilines is 1. The van der Waals surface area contributed by atoms with Crippen molar-refractivity contribution in [1.29, 1.82) is 0 Å². The minimum absolute atomic E-state index is 0.0624. The quantitative estimate of drug-likeness (QED) is 0.492. The van der Waals surface area contributed by atoms with Gasteiger partial charge < -0.3 is 15.1 Å². The maximum Gasteiger partial charge on any atom is 0.416 e. The third kappa shape index (κ3) is 6.34. The van der Waals surface area contributed by atoms with Gasteiger partial charge in [-0.25, -0.2) is 4.98 Å². The summed E-state index contributed by atoms with van der Waals surface area (Å²) in [5.74, 6) is -0.994. The smallest absolute Gasteiger partial charge is 0.346 e. The first-order valence-electron chi connectivity index (χ1n) is 10.5. The van der Waals surface area contributed by atoms with Crippen LogP contribution in [0.4, 0.5) is 32.3 Å². The summed E-state index contributed by atoms with van der Waals surface area (Å²) in [6.07, 6.45) is -8.88. The van der Waals surface area contributed by atoms with Crippen LogP contribution in [0.5, 0.6) is 0 Å². The molecule has 2 amide bonds. The average Bonchev–Trinajstić information content (AvgIpc) is 3.25. The van der Waals surface area contributed by atoms with Crippen molar-refractivity contribution in [2.45, 2.75) is 18.9 Å². The minimum Gasteiger partial charge on any atom is -0.346 e. The van der Waals surface area contributed by atoms with E-state index in [0.717, 1.165) is 0 Å². The first-order chi connectivity index (χ1) is 17.1. The number of hydrogen-bond donors (Lipinski definition) is 1. The van der Waals surface area contributed by atoms with Gasteiger partial charge in [-0.2, -0.15) is 36.0 Å². The Morgan fingerprint density at radius 3 is 1.97 bits per heavy atom. The summed E-state index contributed by atoms with van der Waals surface area (Å²) in [6.45, 7) is -0.405. The predicted molar refractivity (Wildman–Crippen MR) is 119 cm³/mol. The Kier molecular flexibility index (Phi) is 7.46. The van der Waals surface area contributed by atoms with Crippen LogP contribution in [0, 0.1) is 0 Å². The van der Waals surface area contributed by atoms with E-state index in [9.17, 15) is 35.9 Å². The molecule has 0 saturated carbocycles. The van der Waals surface area contributed by atoms with Gasteiger partial charge in [0.2, 0.25) is 5.95 Å². The van der Waals surface area contributed by atoms with Crippen LogP contribution in [0.1, 0.15) is 37.7 Å². The fourth-order valence-electron chi connectivity index (χ4n) is 3.06. The Balaban J connectivity index is 1.91. The normalized spacial score (nSPS) is 11.8. The van der Waals surface area contributed by atoms with Crippen LogP contribution in [0.3, 0.4) is 0 Å². The van der Waals surface area contributed by atoms with Gasteiger partial charge in [0, 0.05) is 40.0 Å². The van der Waals surface area contributed by atoms with Gasteiger partial charge in [-0.3, -0.25) is 9.59 Å². The van der Waals surface area contributed by atoms with E-state index in [1.54, 1.807) is 28.2 Å². The van der Waals surface area contributed by atoms with Crippen molar-refractivity contribution in [2.75, 3.05) is 33.1 Å². The molecule has 1 N–H and O–H groups in total. The van der Waals surface area contributed by atoms with Gasteiger partial charge >= 0.3 is 12.4 Å². The van der Waals surface area contributed by atoms with Gasteiger partial charge in [-0.15, -0.1) is 5.10 Å². The van der Waals surface area contributed by atoms with Crippen molar-refractivity contribution in [3.8, 4) is 5.82 Å². The fraction of sp³-hybridized carbons (Fsp3) is 0.318. The van der Waals surface area contributed by atoms with Gasteiger partial charge in [0.05, 0.1) is 23.2 Å². The Morgan fingerprint density at radius 2 is 1.51 bits per heavy atom. The Bertz CT molecular complexity index is 1270. The van der Waals surface area contributed by atoms with E-state index >= 15 is 0 Å². The summed E-state index contributed by atoms with van der Waals surface area (Å²) in [5.41, 5.74) is -3.75. The zero-order valence-electron chi connectivity index (χ0n) is 19.9. The van der Waals surface area contributed by atoms with Crippen molar-refractivity contribution in [3.63, 3.8) is 0 Å². The van der Waals surface area contributed by atoms with Crippen LogP contribution in [0.25, 0.3) is 5.82 Å². The van der Waals surface area contributed by atoms with E-state index in [2.05, 4.69) is 20.4 Å². The standard InChI is InChI=1S/C22H21F6N7O2/c1-33(2)19(37)12-5-6-16(29-10-12)35-17(31-20(32-35)34(3)4)11-30-18(36)13-7-14(21(23,24)25)9-15(8-13)22(26,27)28/h5-10H,11H2,1-4H3,(H,30,36). The van der Waals surface area contributed by atoms with Crippen LogP contribution in [0.2, 0.25) is 0 Å². The number of aromatic nitrogens is 4. The summed E-state index contributed by atoms with van der Waals surface area (Å²) < 4.78 is 80.0. The number of alkyl halides is 6. The molecule has 0 aliphatic carbocycles. The molecule has 0 radical (unpaired) electrons. The summed E-state index contributed by atoms with van der Waals surface area (Å²) >= 11 is 0. The molecule has 0 fully saturated rings. The third-order valence-corrected chi connectivity index (χ3v) is 4.94. The van der Waals surface area contributed by atoms with Crippen LogP contribution >= 0.6 is 0 Å². The van der Waals surface area contributed by atoms with Crippen molar-refractivity contribution >= 4 is 17.8 Å². The van der Waals surface area contributed by atoms with Crippen molar-refractivity contribution in [3.05, 3.63) is 64.6 Å². The van der Waals surface area contributed by atoms with Crippen LogP contribution in [0.15, 0.2) is 36.5 Å². The zero-order chi connectivity index (χ0) is 27.7. The highest BCUT2D eigenvalue weighted by Gasteiger charge is 2.37. The third-order valence-electron chi connectivity index (χ3n) is 4.94. The lowest BCUT2D eigenvalue weighted by Crippen LogP contribution is -2.26. The lowest BCUT2D eigenvalue weighted by atomic mass is 10.0. The maximum atomic E-state index is 13.1. The Hall–Kier alpha value is -4.17. The SMILES string of the molecule is CN(C)C(=O)c1ccc(-n2nc(N(C)C)nc2CNC(=O)c2cc(C(F)(F)F)cc(C(F)(F)F)c2)nc1. The Morgan fingerprint density at radius 1 is 0.919 bits per heavy atom. The molecule has 1 aromatic carbocycles. The van der Waals surface area contributed by atoms with E-state index in [1.165, 1.54) is 32.8 Å². The number of amides is 2. The number of rotatable bonds is 6. The molecule has 3 rings (SSSR count). The van der Waals surface area contributed by atoms with Crippen molar-refractivity contribution < 1.29 is 35.9 Å². The van der Waals surface area contributed by atoms with Gasteiger partial charge in [-0.05, 0) is 30.3 Å². The molecule has 2 aromatic heterocycles. The number of carbonyl (C=O) groups is 2. The maximum absolute atomic E-state index is 13.1. The van der Waals surface area contributed by atoms with Gasteiger partial charge in [0.25, 0.3) is 11.8 Å². The molecular formula is C22H21F6N7O2. The van der Waals surface area contributed by atoms with E-state index < -0.39 is 41.5 Å². The minimum atomic E-state index is -5.09. The first-order valence-corrected chi connectivity index (χ1v) is 10.5. The summed E-state index contributed by atoms with van der Waals surface area (Å²) in [6, 6.07) is 3.57. The van der Waals surface area contributed by atoms with E-state index in [0.29, 0.717) is 17.7 Å². The number of nitrogens with zero attached hydrogens (tertiary/aromatic N) is 6. The molecule has 0 aliphatic rings. The number of benzene rings is 1. The molecule has 37 heavy (non-hydrogen) atoms.